The number of carbonyl (C=O) groups is 1. The first-order valence-corrected chi connectivity index (χ1v) is 7.84. The largest absolute Gasteiger partial charge is 0.478 e. The van der Waals surface area contributed by atoms with Crippen LogP contribution in [-0.2, 0) is 0 Å². The van der Waals surface area contributed by atoms with E-state index in [-0.39, 0.29) is 17.0 Å². The van der Waals surface area contributed by atoms with E-state index in [1.165, 1.54) is 16.6 Å². The van der Waals surface area contributed by atoms with Crippen LogP contribution in [0.2, 0.25) is 0 Å². The normalized spacial score (nSPS) is 11.0. The number of hydrogen-bond donors (Lipinski definition) is 1. The molecule has 0 spiro atoms. The lowest BCUT2D eigenvalue weighted by molar-refractivity contribution is 0.0699. The fourth-order valence-electron chi connectivity index (χ4n) is 2.87. The van der Waals surface area contributed by atoms with Gasteiger partial charge in [-0.2, -0.15) is 0 Å². The lowest BCUT2D eigenvalue weighted by atomic mass is 10.00. The summed E-state index contributed by atoms with van der Waals surface area (Å²) in [5.41, 5.74) is 2.72. The van der Waals surface area contributed by atoms with Gasteiger partial charge in [-0.15, -0.1) is 5.10 Å². The maximum absolute atomic E-state index is 13.2. The molecule has 6 nitrogen and oxygen atoms in total. The van der Waals surface area contributed by atoms with Crippen molar-refractivity contribution in [3.8, 4) is 22.5 Å². The average molecular weight is 348 g/mol. The molecule has 3 heterocycles. The van der Waals surface area contributed by atoms with E-state index in [0.29, 0.717) is 28.2 Å². The third-order valence-electron chi connectivity index (χ3n) is 4.08. The van der Waals surface area contributed by atoms with Crippen LogP contribution < -0.4 is 0 Å². The Morgan fingerprint density at radius 1 is 1.15 bits per heavy atom. The van der Waals surface area contributed by atoms with Crippen LogP contribution in [0, 0.1) is 12.7 Å². The average Bonchev–Trinajstić information content (AvgIpc) is 3.08. The zero-order chi connectivity index (χ0) is 18.3. The van der Waals surface area contributed by atoms with Gasteiger partial charge in [0.1, 0.15) is 11.4 Å². The molecule has 0 aliphatic heterocycles. The molecule has 0 radical (unpaired) electrons. The van der Waals surface area contributed by atoms with Crippen molar-refractivity contribution in [3.05, 3.63) is 71.9 Å². The summed E-state index contributed by atoms with van der Waals surface area (Å²) in [7, 11) is 0. The summed E-state index contributed by atoms with van der Waals surface area (Å²) in [6, 6.07) is 11.0. The van der Waals surface area contributed by atoms with Gasteiger partial charge in [0.05, 0.1) is 0 Å². The molecule has 26 heavy (non-hydrogen) atoms. The van der Waals surface area contributed by atoms with Gasteiger partial charge in [-0.25, -0.2) is 18.7 Å². The lowest BCUT2D eigenvalue weighted by Crippen LogP contribution is -2.06. The summed E-state index contributed by atoms with van der Waals surface area (Å²) in [5, 5.41) is 14.2. The molecular formula is C19H13FN4O2. The first kappa shape index (κ1) is 15.9. The summed E-state index contributed by atoms with van der Waals surface area (Å²) in [5.74, 6) is -1.12. The number of benzene rings is 1. The molecule has 1 N–H and O–H groups in total. The molecule has 0 aliphatic carbocycles. The van der Waals surface area contributed by atoms with E-state index in [4.69, 9.17) is 0 Å². The monoisotopic (exact) mass is 348 g/mol. The van der Waals surface area contributed by atoms with Crippen molar-refractivity contribution in [1.82, 2.24) is 19.6 Å². The zero-order valence-corrected chi connectivity index (χ0v) is 13.7. The zero-order valence-electron chi connectivity index (χ0n) is 13.7. The maximum atomic E-state index is 13.2. The number of rotatable bonds is 3. The number of carboxylic acid groups (broad SMARTS) is 1. The number of halogens is 1. The second-order valence-electron chi connectivity index (χ2n) is 5.80. The Morgan fingerprint density at radius 2 is 1.92 bits per heavy atom. The molecular weight excluding hydrogens is 335 g/mol. The van der Waals surface area contributed by atoms with Crippen molar-refractivity contribution < 1.29 is 14.3 Å². The Hall–Kier alpha value is -3.61. The van der Waals surface area contributed by atoms with Crippen molar-refractivity contribution in [3.63, 3.8) is 0 Å². The molecule has 7 heteroatoms. The Morgan fingerprint density at radius 3 is 2.58 bits per heavy atom. The van der Waals surface area contributed by atoms with Crippen molar-refractivity contribution >= 4 is 11.6 Å². The quantitative estimate of drug-likeness (QED) is 0.612. The van der Waals surface area contributed by atoms with Crippen LogP contribution in [-0.4, -0.2) is 30.7 Å². The number of aromatic carboxylic acids is 1. The molecule has 0 bridgehead atoms. The number of fused-ring (bicyclic) bond motifs is 1. The minimum atomic E-state index is -1.13. The minimum Gasteiger partial charge on any atom is -0.478 e. The lowest BCUT2D eigenvalue weighted by Gasteiger charge is -2.09. The van der Waals surface area contributed by atoms with Gasteiger partial charge < -0.3 is 5.11 Å². The van der Waals surface area contributed by atoms with E-state index in [2.05, 4.69) is 15.1 Å². The molecule has 4 aromatic rings. The SMILES string of the molecule is Cc1cc(-c2ccc(F)cc2)c(C(=O)O)c2nc(-c3cccnc3)nn12. The van der Waals surface area contributed by atoms with Crippen molar-refractivity contribution in [2.24, 2.45) is 0 Å². The van der Waals surface area contributed by atoms with E-state index in [9.17, 15) is 14.3 Å². The molecule has 0 aliphatic rings. The standard InChI is InChI=1S/C19H13FN4O2/c1-11-9-15(12-4-6-14(20)7-5-12)16(19(25)26)18-22-17(23-24(11)18)13-3-2-8-21-10-13/h2-10H,1H3,(H,25,26). The summed E-state index contributed by atoms with van der Waals surface area (Å²) in [6.07, 6.45) is 3.26. The summed E-state index contributed by atoms with van der Waals surface area (Å²) in [6.45, 7) is 1.81. The van der Waals surface area contributed by atoms with Gasteiger partial charge in [0.2, 0.25) is 0 Å². The Labute approximate surface area is 147 Å². The van der Waals surface area contributed by atoms with E-state index >= 15 is 0 Å². The van der Waals surface area contributed by atoms with Crippen molar-refractivity contribution in [1.29, 1.82) is 0 Å². The van der Waals surface area contributed by atoms with E-state index in [1.54, 1.807) is 42.7 Å². The number of aryl methyl sites for hydroxylation is 1. The van der Waals surface area contributed by atoms with Gasteiger partial charge in [0, 0.05) is 29.2 Å². The third-order valence-corrected chi connectivity index (χ3v) is 4.08. The van der Waals surface area contributed by atoms with Crippen molar-refractivity contribution in [2.75, 3.05) is 0 Å². The smallest absolute Gasteiger partial charge is 0.340 e. The Balaban J connectivity index is 2.01. The molecule has 0 saturated carbocycles. The van der Waals surface area contributed by atoms with E-state index in [1.807, 2.05) is 6.92 Å². The predicted molar refractivity (Wildman–Crippen MR) is 93.3 cm³/mol. The number of pyridine rings is 2. The van der Waals surface area contributed by atoms with E-state index in [0.717, 1.165) is 0 Å². The van der Waals surface area contributed by atoms with Crippen LogP contribution in [0.25, 0.3) is 28.2 Å². The molecule has 4 rings (SSSR count). The molecule has 0 amide bonds. The van der Waals surface area contributed by atoms with Crippen LogP contribution in [0.15, 0.2) is 54.9 Å². The van der Waals surface area contributed by atoms with E-state index < -0.39 is 5.97 Å². The van der Waals surface area contributed by atoms with Gasteiger partial charge in [0.25, 0.3) is 0 Å². The molecule has 0 atom stereocenters. The van der Waals surface area contributed by atoms with Gasteiger partial charge in [-0.05, 0) is 42.8 Å². The maximum Gasteiger partial charge on any atom is 0.340 e. The van der Waals surface area contributed by atoms with Gasteiger partial charge in [-0.1, -0.05) is 12.1 Å². The highest BCUT2D eigenvalue weighted by Gasteiger charge is 2.21. The fourth-order valence-corrected chi connectivity index (χ4v) is 2.87. The number of carboxylic acids is 1. The fraction of sp³-hybridized carbons (Fsp3) is 0.0526. The Bertz CT molecular complexity index is 1120. The summed E-state index contributed by atoms with van der Waals surface area (Å²) >= 11 is 0. The highest BCUT2D eigenvalue weighted by atomic mass is 19.1. The number of aromatic nitrogens is 4. The van der Waals surface area contributed by atoms with Gasteiger partial charge in [-0.3, -0.25) is 4.98 Å². The topological polar surface area (TPSA) is 80.4 Å². The van der Waals surface area contributed by atoms with Crippen LogP contribution in [0.3, 0.4) is 0 Å². The van der Waals surface area contributed by atoms with Gasteiger partial charge >= 0.3 is 5.97 Å². The third kappa shape index (κ3) is 2.59. The van der Waals surface area contributed by atoms with Crippen LogP contribution in [0.5, 0.6) is 0 Å². The first-order valence-electron chi connectivity index (χ1n) is 7.84. The molecule has 3 aromatic heterocycles. The highest BCUT2D eigenvalue weighted by Crippen LogP contribution is 2.29. The molecule has 1 aromatic carbocycles. The Kier molecular flexibility index (Phi) is 3.69. The second kappa shape index (κ2) is 6.03. The molecule has 128 valence electrons. The summed E-state index contributed by atoms with van der Waals surface area (Å²) in [4.78, 5) is 20.4. The summed E-state index contributed by atoms with van der Waals surface area (Å²) < 4.78 is 14.7. The van der Waals surface area contributed by atoms with Gasteiger partial charge in [0.15, 0.2) is 11.5 Å². The van der Waals surface area contributed by atoms with Crippen LogP contribution >= 0.6 is 0 Å². The number of nitrogens with zero attached hydrogens (tertiary/aromatic N) is 4. The first-order chi connectivity index (χ1) is 12.5. The molecule has 0 fully saturated rings. The van der Waals surface area contributed by atoms with Crippen LogP contribution in [0.1, 0.15) is 16.1 Å². The predicted octanol–water partition coefficient (Wildman–Crippen LogP) is 3.60. The second-order valence-corrected chi connectivity index (χ2v) is 5.80. The van der Waals surface area contributed by atoms with Crippen molar-refractivity contribution in [2.45, 2.75) is 6.92 Å². The minimum absolute atomic E-state index is 0.0184. The molecule has 0 unspecified atom stereocenters. The number of hydrogen-bond acceptors (Lipinski definition) is 4. The van der Waals surface area contributed by atoms with Crippen LogP contribution in [0.4, 0.5) is 4.39 Å². The highest BCUT2D eigenvalue weighted by molar-refractivity contribution is 6.02. The molecule has 0 saturated heterocycles.